The molecule has 0 saturated heterocycles. The second-order valence-corrected chi connectivity index (χ2v) is 33.0. The molecular formula is C81H158O17P2. The van der Waals surface area contributed by atoms with E-state index < -0.39 is 97.5 Å². The molecule has 3 N–H and O–H groups in total. The molecule has 100 heavy (non-hydrogen) atoms. The first-order valence-corrected chi connectivity index (χ1v) is 45.0. The Hall–Kier alpha value is -1.94. The fraction of sp³-hybridized carbons (Fsp3) is 0.951. The second kappa shape index (κ2) is 72.6. The third-order valence-electron chi connectivity index (χ3n) is 19.0. The Balaban J connectivity index is 5.21. The molecule has 17 nitrogen and oxygen atoms in total. The lowest BCUT2D eigenvalue weighted by atomic mass is 10.0. The van der Waals surface area contributed by atoms with Gasteiger partial charge in [-0.1, -0.05) is 375 Å². The number of esters is 4. The molecule has 0 saturated carbocycles. The summed E-state index contributed by atoms with van der Waals surface area (Å²) >= 11 is 0. The zero-order valence-corrected chi connectivity index (χ0v) is 67.3. The molecule has 0 aliphatic rings. The highest BCUT2D eigenvalue weighted by atomic mass is 31.2. The number of hydrogen-bond acceptors (Lipinski definition) is 15. The Morgan fingerprint density at radius 2 is 0.460 bits per heavy atom. The molecule has 0 aliphatic heterocycles. The summed E-state index contributed by atoms with van der Waals surface area (Å²) in [6, 6.07) is 0. The summed E-state index contributed by atoms with van der Waals surface area (Å²) < 4.78 is 68.7. The van der Waals surface area contributed by atoms with Crippen molar-refractivity contribution in [3.8, 4) is 0 Å². The number of aliphatic hydroxyl groups is 1. The van der Waals surface area contributed by atoms with Gasteiger partial charge in [-0.05, 0) is 37.5 Å². The van der Waals surface area contributed by atoms with E-state index >= 15 is 0 Å². The molecule has 19 heteroatoms. The molecule has 0 rings (SSSR count). The zero-order valence-electron chi connectivity index (χ0n) is 65.5. The fourth-order valence-corrected chi connectivity index (χ4v) is 14.1. The molecule has 0 spiro atoms. The first-order chi connectivity index (χ1) is 48.4. The monoisotopic (exact) mass is 1470 g/mol. The molecule has 0 bridgehead atoms. The van der Waals surface area contributed by atoms with Crippen LogP contribution in [0.5, 0.6) is 0 Å². The second-order valence-electron chi connectivity index (χ2n) is 30.1. The lowest BCUT2D eigenvalue weighted by molar-refractivity contribution is -0.161. The van der Waals surface area contributed by atoms with Gasteiger partial charge in [-0.2, -0.15) is 0 Å². The summed E-state index contributed by atoms with van der Waals surface area (Å²) in [7, 11) is -9.92. The summed E-state index contributed by atoms with van der Waals surface area (Å²) in [6.07, 6.45) is 62.7. The van der Waals surface area contributed by atoms with E-state index in [9.17, 15) is 43.2 Å². The van der Waals surface area contributed by atoms with Crippen LogP contribution in [0.15, 0.2) is 0 Å². The van der Waals surface area contributed by atoms with Gasteiger partial charge in [0.2, 0.25) is 0 Å². The van der Waals surface area contributed by atoms with Gasteiger partial charge in [0.1, 0.15) is 19.3 Å². The Bertz CT molecular complexity index is 1920. The van der Waals surface area contributed by atoms with Gasteiger partial charge >= 0.3 is 39.5 Å². The van der Waals surface area contributed by atoms with E-state index in [1.807, 2.05) is 0 Å². The molecule has 0 aromatic rings. The smallest absolute Gasteiger partial charge is 0.462 e. The fourth-order valence-electron chi connectivity index (χ4n) is 12.5. The number of ether oxygens (including phenoxy) is 4. The lowest BCUT2D eigenvalue weighted by Gasteiger charge is -2.21. The minimum Gasteiger partial charge on any atom is -0.462 e. The van der Waals surface area contributed by atoms with Crippen LogP contribution in [0.4, 0.5) is 0 Å². The normalized spacial score (nSPS) is 13.9. The molecular weight excluding hydrogens is 1310 g/mol. The van der Waals surface area contributed by atoms with Crippen LogP contribution in [0.2, 0.25) is 0 Å². The minimum atomic E-state index is -4.96. The van der Waals surface area contributed by atoms with Gasteiger partial charge in [0, 0.05) is 25.7 Å². The Kier molecular flexibility index (Phi) is 71.2. The largest absolute Gasteiger partial charge is 0.472 e. The zero-order chi connectivity index (χ0) is 73.5. The summed E-state index contributed by atoms with van der Waals surface area (Å²) in [5.41, 5.74) is 0. The highest BCUT2D eigenvalue weighted by molar-refractivity contribution is 7.47. The van der Waals surface area contributed by atoms with E-state index in [4.69, 9.17) is 37.0 Å². The average molecular weight is 1470 g/mol. The molecule has 5 atom stereocenters. The summed E-state index contributed by atoms with van der Waals surface area (Å²) in [5, 5.41) is 10.6. The van der Waals surface area contributed by atoms with Gasteiger partial charge in [0.05, 0.1) is 26.4 Å². The molecule has 0 heterocycles. The molecule has 2 unspecified atom stereocenters. The van der Waals surface area contributed by atoms with Gasteiger partial charge in [0.15, 0.2) is 12.2 Å². The van der Waals surface area contributed by atoms with Crippen LogP contribution in [0, 0.1) is 11.8 Å². The van der Waals surface area contributed by atoms with Gasteiger partial charge in [-0.25, -0.2) is 9.13 Å². The van der Waals surface area contributed by atoms with Gasteiger partial charge in [-0.3, -0.25) is 37.3 Å². The number of aliphatic hydroxyl groups excluding tert-OH is 1. The predicted molar refractivity (Wildman–Crippen MR) is 409 cm³/mol. The number of carbonyl (C=O) groups excluding carboxylic acids is 4. The summed E-state index contributed by atoms with van der Waals surface area (Å²) in [4.78, 5) is 73.0. The van der Waals surface area contributed by atoms with Crippen LogP contribution >= 0.6 is 15.6 Å². The van der Waals surface area contributed by atoms with E-state index in [1.54, 1.807) is 0 Å². The van der Waals surface area contributed by atoms with Crippen molar-refractivity contribution in [1.82, 2.24) is 0 Å². The SMILES string of the molecule is CCCCCCCCCCCCCCCCCCCCCCCC(=O)O[C@H](COC(=O)CCCCCCCCCCCCCCC(C)C)COP(=O)(O)OC[C@@H](O)COP(=O)(O)OC[C@@H](COC(=O)CCCCCCCCC(C)C)OC(=O)CCCCCCCCCCCCCCCCC. The van der Waals surface area contributed by atoms with E-state index in [0.29, 0.717) is 31.6 Å². The van der Waals surface area contributed by atoms with Crippen LogP contribution in [-0.4, -0.2) is 96.7 Å². The highest BCUT2D eigenvalue weighted by Gasteiger charge is 2.30. The Morgan fingerprint density at radius 1 is 0.270 bits per heavy atom. The van der Waals surface area contributed by atoms with Gasteiger partial charge in [0.25, 0.3) is 0 Å². The molecule has 0 aromatic heterocycles. The molecule has 0 aromatic carbocycles. The maximum atomic E-state index is 13.1. The summed E-state index contributed by atoms with van der Waals surface area (Å²) in [5.74, 6) is -0.650. The Morgan fingerprint density at radius 3 is 0.680 bits per heavy atom. The number of phosphoric ester groups is 2. The average Bonchev–Trinajstić information content (AvgIpc) is 0.924. The van der Waals surface area contributed by atoms with Gasteiger partial charge < -0.3 is 33.8 Å². The van der Waals surface area contributed by atoms with Crippen LogP contribution in [0.25, 0.3) is 0 Å². The molecule has 594 valence electrons. The van der Waals surface area contributed by atoms with Crippen molar-refractivity contribution in [2.45, 2.75) is 445 Å². The maximum absolute atomic E-state index is 13.1. The lowest BCUT2D eigenvalue weighted by Crippen LogP contribution is -2.30. The number of unbranched alkanes of at least 4 members (excludes halogenated alkanes) is 50. The molecule has 0 amide bonds. The molecule has 0 radical (unpaired) electrons. The van der Waals surface area contributed by atoms with Crippen molar-refractivity contribution in [1.29, 1.82) is 0 Å². The first-order valence-electron chi connectivity index (χ1n) is 42.0. The van der Waals surface area contributed by atoms with Crippen molar-refractivity contribution in [3.63, 3.8) is 0 Å². The standard InChI is InChI=1S/C81H158O17P2/c1-7-9-11-13-15-17-19-21-23-24-25-26-27-28-30-32-38-42-46-54-60-65-80(85)97-76(69-91-78(83)63-57-51-44-40-36-34-33-35-39-43-49-55-61-73(3)4)71-95-99(87,88)93-67-75(82)68-94-100(89,90)96-72-77(70-92-79(84)64-58-52-48-47-50-56-62-74(5)6)98-81(86)66-59-53-45-41-37-31-29-22-20-18-16-14-12-10-8-2/h73-77,82H,7-72H2,1-6H3,(H,87,88)(H,89,90)/t75-,76-,77-/m1/s1. The predicted octanol–water partition coefficient (Wildman–Crippen LogP) is 24.3. The third-order valence-corrected chi connectivity index (χ3v) is 20.9. The maximum Gasteiger partial charge on any atom is 0.472 e. The van der Waals surface area contributed by atoms with Crippen LogP contribution < -0.4 is 0 Å². The van der Waals surface area contributed by atoms with Crippen molar-refractivity contribution < 1.29 is 80.2 Å². The topological polar surface area (TPSA) is 237 Å². The van der Waals surface area contributed by atoms with Crippen molar-refractivity contribution in [2.24, 2.45) is 11.8 Å². The Labute approximate surface area is 613 Å². The summed E-state index contributed by atoms with van der Waals surface area (Å²) in [6.45, 7) is 9.56. The van der Waals surface area contributed by atoms with E-state index in [-0.39, 0.29) is 25.7 Å². The highest BCUT2D eigenvalue weighted by Crippen LogP contribution is 2.45. The van der Waals surface area contributed by atoms with Crippen LogP contribution in [0.1, 0.15) is 427 Å². The van der Waals surface area contributed by atoms with E-state index in [2.05, 4.69) is 41.5 Å². The van der Waals surface area contributed by atoms with E-state index in [1.165, 1.54) is 238 Å². The van der Waals surface area contributed by atoms with E-state index in [0.717, 1.165) is 102 Å². The quantitative estimate of drug-likeness (QED) is 0.0222. The molecule has 0 fully saturated rings. The van der Waals surface area contributed by atoms with Crippen LogP contribution in [0.3, 0.4) is 0 Å². The third kappa shape index (κ3) is 74.3. The molecule has 0 aliphatic carbocycles. The first kappa shape index (κ1) is 98.1. The van der Waals surface area contributed by atoms with Crippen molar-refractivity contribution >= 4 is 39.5 Å². The number of phosphoric acid groups is 2. The van der Waals surface area contributed by atoms with Gasteiger partial charge in [-0.15, -0.1) is 0 Å². The van der Waals surface area contributed by atoms with Crippen molar-refractivity contribution in [3.05, 3.63) is 0 Å². The minimum absolute atomic E-state index is 0.107. The number of carbonyl (C=O) groups is 4. The number of rotatable bonds is 80. The number of hydrogen-bond donors (Lipinski definition) is 3. The van der Waals surface area contributed by atoms with Crippen molar-refractivity contribution in [2.75, 3.05) is 39.6 Å². The van der Waals surface area contributed by atoms with Crippen LogP contribution in [-0.2, 0) is 65.4 Å².